The van der Waals surface area contributed by atoms with Gasteiger partial charge in [0.05, 0.1) is 17.1 Å². The van der Waals surface area contributed by atoms with Crippen LogP contribution in [0, 0.1) is 13.8 Å². The Bertz CT molecular complexity index is 1070. The summed E-state index contributed by atoms with van der Waals surface area (Å²) in [5.41, 5.74) is 3.11. The number of nitrogens with zero attached hydrogens (tertiary/aromatic N) is 1. The van der Waals surface area contributed by atoms with E-state index in [1.807, 2.05) is 26.0 Å². The average Bonchev–Trinajstić information content (AvgIpc) is 2.83. The molecule has 3 rings (SSSR count). The van der Waals surface area contributed by atoms with Gasteiger partial charge in [0.1, 0.15) is 0 Å². The molecule has 0 unspecified atom stereocenters. The number of rotatable bonds is 5. The fourth-order valence-electron chi connectivity index (χ4n) is 2.97. The highest BCUT2D eigenvalue weighted by Crippen LogP contribution is 2.33. The summed E-state index contributed by atoms with van der Waals surface area (Å²) in [6, 6.07) is 10.2. The number of fused-ring (bicyclic) bond motifs is 1. The molecule has 2 N–H and O–H groups in total. The van der Waals surface area contributed by atoms with E-state index in [0.29, 0.717) is 23.5 Å². The number of anilines is 2. The van der Waals surface area contributed by atoms with Crippen LogP contribution in [0.2, 0.25) is 0 Å². The molecule has 0 saturated carbocycles. The predicted octanol–water partition coefficient (Wildman–Crippen LogP) is 3.00. The van der Waals surface area contributed by atoms with Gasteiger partial charge in [0.2, 0.25) is 21.8 Å². The van der Waals surface area contributed by atoms with Gasteiger partial charge in [0.25, 0.3) is 0 Å². The van der Waals surface area contributed by atoms with Crippen molar-refractivity contribution in [1.82, 2.24) is 4.31 Å². The first-order chi connectivity index (χ1) is 13.7. The average molecular weight is 434 g/mol. The van der Waals surface area contributed by atoms with Crippen LogP contribution in [-0.2, 0) is 19.6 Å². The van der Waals surface area contributed by atoms with Crippen LogP contribution in [0.5, 0.6) is 0 Å². The number of carbonyl (C=O) groups excluding carboxylic acids is 2. The second-order valence-corrected chi connectivity index (χ2v) is 10.1. The van der Waals surface area contributed by atoms with Crippen LogP contribution in [0.4, 0.5) is 11.4 Å². The zero-order valence-electron chi connectivity index (χ0n) is 16.5. The number of hydrogen-bond donors (Lipinski definition) is 2. The number of benzene rings is 2. The van der Waals surface area contributed by atoms with Gasteiger partial charge < -0.3 is 10.6 Å². The number of thioether (sulfide) groups is 1. The molecule has 0 atom stereocenters. The first-order valence-electron chi connectivity index (χ1n) is 9.07. The van der Waals surface area contributed by atoms with Gasteiger partial charge in [0.15, 0.2) is 0 Å². The molecule has 154 valence electrons. The van der Waals surface area contributed by atoms with Gasteiger partial charge in [-0.3, -0.25) is 9.59 Å². The van der Waals surface area contributed by atoms with E-state index in [0.717, 1.165) is 20.3 Å². The number of likely N-dealkylation sites (N-methyl/N-ethyl adjacent to an activating group) is 1. The van der Waals surface area contributed by atoms with Crippen molar-refractivity contribution in [1.29, 1.82) is 0 Å². The van der Waals surface area contributed by atoms with Gasteiger partial charge in [0, 0.05) is 29.8 Å². The molecular weight excluding hydrogens is 410 g/mol. The van der Waals surface area contributed by atoms with Crippen molar-refractivity contribution in [2.75, 3.05) is 30.0 Å². The lowest BCUT2D eigenvalue weighted by atomic mass is 10.1. The second-order valence-electron chi connectivity index (χ2n) is 6.93. The Labute approximate surface area is 174 Å². The van der Waals surface area contributed by atoms with Crippen molar-refractivity contribution >= 4 is 45.0 Å². The van der Waals surface area contributed by atoms with E-state index in [2.05, 4.69) is 10.6 Å². The lowest BCUT2D eigenvalue weighted by Gasteiger charge is -2.18. The lowest BCUT2D eigenvalue weighted by molar-refractivity contribution is -0.116. The molecule has 0 aliphatic carbocycles. The highest BCUT2D eigenvalue weighted by atomic mass is 32.2. The molecule has 0 aromatic heterocycles. The summed E-state index contributed by atoms with van der Waals surface area (Å²) in [4.78, 5) is 25.0. The summed E-state index contributed by atoms with van der Waals surface area (Å²) in [6.07, 6.45) is 0.375. The van der Waals surface area contributed by atoms with Crippen LogP contribution in [0.25, 0.3) is 0 Å². The number of nitrogens with one attached hydrogen (secondary N) is 2. The number of hydrogen-bond acceptors (Lipinski definition) is 5. The van der Waals surface area contributed by atoms with Crippen molar-refractivity contribution in [3.05, 3.63) is 47.5 Å². The molecule has 1 aliphatic rings. The lowest BCUT2D eigenvalue weighted by Crippen LogP contribution is -2.35. The van der Waals surface area contributed by atoms with Gasteiger partial charge in [-0.05, 0) is 43.7 Å². The van der Waals surface area contributed by atoms with E-state index >= 15 is 0 Å². The molecule has 0 spiro atoms. The first-order valence-corrected chi connectivity index (χ1v) is 11.5. The minimum Gasteiger partial charge on any atom is -0.325 e. The summed E-state index contributed by atoms with van der Waals surface area (Å²) < 4.78 is 26.8. The molecule has 29 heavy (non-hydrogen) atoms. The zero-order chi connectivity index (χ0) is 21.2. The Kier molecular flexibility index (Phi) is 6.30. The van der Waals surface area contributed by atoms with Crippen molar-refractivity contribution in [2.45, 2.75) is 30.1 Å². The Balaban J connectivity index is 1.75. The second kappa shape index (κ2) is 8.56. The van der Waals surface area contributed by atoms with E-state index in [4.69, 9.17) is 0 Å². The quantitative estimate of drug-likeness (QED) is 0.756. The molecule has 7 nitrogen and oxygen atoms in total. The Morgan fingerprint density at radius 2 is 1.97 bits per heavy atom. The number of carbonyl (C=O) groups is 2. The van der Waals surface area contributed by atoms with Crippen LogP contribution >= 0.6 is 11.8 Å². The van der Waals surface area contributed by atoms with Gasteiger partial charge in [-0.1, -0.05) is 17.7 Å². The molecular formula is C20H23N3O4S2. The van der Waals surface area contributed by atoms with Crippen molar-refractivity contribution < 1.29 is 18.0 Å². The van der Waals surface area contributed by atoms with Crippen molar-refractivity contribution in [2.24, 2.45) is 0 Å². The van der Waals surface area contributed by atoms with E-state index in [-0.39, 0.29) is 17.3 Å². The third kappa shape index (κ3) is 4.98. The van der Waals surface area contributed by atoms with Crippen molar-refractivity contribution in [3.63, 3.8) is 0 Å². The summed E-state index contributed by atoms with van der Waals surface area (Å²) >= 11 is 1.50. The van der Waals surface area contributed by atoms with Gasteiger partial charge in [-0.2, -0.15) is 4.31 Å². The van der Waals surface area contributed by atoms with Gasteiger partial charge in [-0.25, -0.2) is 8.42 Å². The molecule has 0 radical (unpaired) electrons. The topological polar surface area (TPSA) is 95.6 Å². The van der Waals surface area contributed by atoms with Crippen LogP contribution in [0.3, 0.4) is 0 Å². The monoisotopic (exact) mass is 433 g/mol. The molecule has 2 aromatic carbocycles. The maximum absolute atomic E-state index is 12.9. The molecule has 0 fully saturated rings. The molecule has 0 saturated heterocycles. The van der Waals surface area contributed by atoms with E-state index in [1.54, 1.807) is 12.1 Å². The number of aryl methyl sites for hydroxylation is 2. The van der Waals surface area contributed by atoms with Crippen LogP contribution in [0.1, 0.15) is 17.5 Å². The maximum atomic E-state index is 12.9. The smallest absolute Gasteiger partial charge is 0.243 e. The van der Waals surface area contributed by atoms with Gasteiger partial charge >= 0.3 is 0 Å². The fraction of sp³-hybridized carbons (Fsp3) is 0.300. The normalized spacial score (nSPS) is 14.1. The fourth-order valence-corrected chi connectivity index (χ4v) is 5.06. The highest BCUT2D eigenvalue weighted by Gasteiger charge is 2.25. The highest BCUT2D eigenvalue weighted by molar-refractivity contribution is 7.99. The minimum atomic E-state index is -3.89. The molecule has 2 aromatic rings. The Morgan fingerprint density at radius 1 is 1.21 bits per heavy atom. The standard InChI is InChI=1S/C20H23N3O4S2/c1-13-4-6-16(14(2)10-13)21-20(25)12-23(3)29(26,27)15-5-7-18-17(11-15)22-19(24)8-9-28-18/h4-7,10-11H,8-9,12H2,1-3H3,(H,21,25)(H,22,24). The molecule has 9 heteroatoms. The Morgan fingerprint density at radius 3 is 2.69 bits per heavy atom. The zero-order valence-corrected chi connectivity index (χ0v) is 18.1. The van der Waals surface area contributed by atoms with Crippen molar-refractivity contribution in [3.8, 4) is 0 Å². The largest absolute Gasteiger partial charge is 0.325 e. The number of sulfonamides is 1. The maximum Gasteiger partial charge on any atom is 0.243 e. The van der Waals surface area contributed by atoms with Crippen LogP contribution in [-0.4, -0.2) is 43.9 Å². The van der Waals surface area contributed by atoms with Crippen LogP contribution in [0.15, 0.2) is 46.2 Å². The third-order valence-electron chi connectivity index (χ3n) is 4.54. The molecule has 2 amide bonds. The number of amides is 2. The summed E-state index contributed by atoms with van der Waals surface area (Å²) in [5.74, 6) is 0.0670. The van der Waals surface area contributed by atoms with E-state index in [9.17, 15) is 18.0 Å². The third-order valence-corrected chi connectivity index (χ3v) is 7.42. The Hall–Kier alpha value is -2.36. The summed E-state index contributed by atoms with van der Waals surface area (Å²) in [6.45, 7) is 3.51. The molecule has 1 aliphatic heterocycles. The molecule has 0 bridgehead atoms. The van der Waals surface area contributed by atoms with E-state index < -0.39 is 15.9 Å². The predicted molar refractivity (Wildman–Crippen MR) is 115 cm³/mol. The van der Waals surface area contributed by atoms with E-state index in [1.165, 1.54) is 30.9 Å². The summed E-state index contributed by atoms with van der Waals surface area (Å²) in [7, 11) is -2.54. The first kappa shape index (κ1) is 21.4. The SMILES string of the molecule is Cc1ccc(NC(=O)CN(C)S(=O)(=O)c2ccc3c(c2)NC(=O)CCS3)c(C)c1. The van der Waals surface area contributed by atoms with Gasteiger partial charge in [-0.15, -0.1) is 11.8 Å². The van der Waals surface area contributed by atoms with Crippen LogP contribution < -0.4 is 10.6 Å². The minimum absolute atomic E-state index is 0.0286. The summed E-state index contributed by atoms with van der Waals surface area (Å²) in [5, 5.41) is 5.49. The molecule has 1 heterocycles.